The minimum atomic E-state index is -3.74. The van der Waals surface area contributed by atoms with Gasteiger partial charge < -0.3 is 10.1 Å². The second-order valence-corrected chi connectivity index (χ2v) is 10.0. The Morgan fingerprint density at radius 3 is 2.61 bits per heavy atom. The molecule has 0 spiro atoms. The van der Waals surface area contributed by atoms with Gasteiger partial charge in [0.25, 0.3) is 0 Å². The van der Waals surface area contributed by atoms with Crippen molar-refractivity contribution >= 4 is 44.2 Å². The van der Waals surface area contributed by atoms with Crippen molar-refractivity contribution in [1.29, 1.82) is 0 Å². The molecule has 0 radical (unpaired) electrons. The molecule has 2 aromatic rings. The van der Waals surface area contributed by atoms with Crippen LogP contribution in [0.3, 0.4) is 0 Å². The number of piperidine rings is 1. The Morgan fingerprint density at radius 1 is 1.21 bits per heavy atom. The molecule has 1 saturated heterocycles. The van der Waals surface area contributed by atoms with Gasteiger partial charge in [-0.15, -0.1) is 0 Å². The number of carbonyl (C=O) groups is 1. The lowest BCUT2D eigenvalue weighted by atomic mass is 9.99. The van der Waals surface area contributed by atoms with Gasteiger partial charge in [0.2, 0.25) is 15.9 Å². The predicted octanol–water partition coefficient (Wildman–Crippen LogP) is 3.65. The molecule has 28 heavy (non-hydrogen) atoms. The predicted molar refractivity (Wildman–Crippen MR) is 117 cm³/mol. The molecule has 0 saturated carbocycles. The standard InChI is InChI=1S/C20H23IN2O4S/c1-14-5-10-18(27-2)19(12-14)28(25,26)23-11-3-4-15(13-23)20(24)22-17-8-6-16(21)7-9-17/h5-10,12,15H,3-4,11,13H2,1-2H3,(H,22,24)/t15-/m0/s1. The van der Waals surface area contributed by atoms with Gasteiger partial charge in [-0.1, -0.05) is 6.07 Å². The SMILES string of the molecule is COc1ccc(C)cc1S(=O)(=O)N1CCC[C@H](C(=O)Nc2ccc(I)cc2)C1. The van der Waals surface area contributed by atoms with Gasteiger partial charge in [-0.05, 0) is 84.3 Å². The van der Waals surface area contributed by atoms with E-state index in [0.717, 1.165) is 9.13 Å². The Morgan fingerprint density at radius 2 is 1.93 bits per heavy atom. The lowest BCUT2D eigenvalue weighted by Crippen LogP contribution is -2.43. The van der Waals surface area contributed by atoms with E-state index >= 15 is 0 Å². The molecule has 0 aliphatic carbocycles. The van der Waals surface area contributed by atoms with Gasteiger partial charge in [0.1, 0.15) is 10.6 Å². The molecule has 1 N–H and O–H groups in total. The fourth-order valence-electron chi connectivity index (χ4n) is 3.28. The van der Waals surface area contributed by atoms with Crippen molar-refractivity contribution in [1.82, 2.24) is 4.31 Å². The number of hydrogen-bond donors (Lipinski definition) is 1. The summed E-state index contributed by atoms with van der Waals surface area (Å²) >= 11 is 2.20. The van der Waals surface area contributed by atoms with Crippen molar-refractivity contribution in [2.24, 2.45) is 5.92 Å². The van der Waals surface area contributed by atoms with Crippen molar-refractivity contribution in [3.8, 4) is 5.75 Å². The summed E-state index contributed by atoms with van der Waals surface area (Å²) in [4.78, 5) is 12.8. The maximum atomic E-state index is 13.2. The van der Waals surface area contributed by atoms with E-state index in [1.807, 2.05) is 37.3 Å². The molecule has 0 aromatic heterocycles. The van der Waals surface area contributed by atoms with Gasteiger partial charge in [0.15, 0.2) is 0 Å². The van der Waals surface area contributed by atoms with E-state index in [-0.39, 0.29) is 17.3 Å². The number of halogens is 1. The molecule has 8 heteroatoms. The fourth-order valence-corrected chi connectivity index (χ4v) is 5.40. The van der Waals surface area contributed by atoms with Crippen molar-refractivity contribution in [2.45, 2.75) is 24.7 Å². The molecule has 1 heterocycles. The van der Waals surface area contributed by atoms with Crippen LogP contribution in [0.1, 0.15) is 18.4 Å². The number of anilines is 1. The number of methoxy groups -OCH3 is 1. The molecule has 0 unspecified atom stereocenters. The molecule has 1 aliphatic heterocycles. The first-order valence-electron chi connectivity index (χ1n) is 9.02. The largest absolute Gasteiger partial charge is 0.495 e. The average molecular weight is 514 g/mol. The maximum absolute atomic E-state index is 13.2. The number of nitrogens with zero attached hydrogens (tertiary/aromatic N) is 1. The van der Waals surface area contributed by atoms with Crippen molar-refractivity contribution in [2.75, 3.05) is 25.5 Å². The van der Waals surface area contributed by atoms with Gasteiger partial charge in [0, 0.05) is 22.3 Å². The number of amides is 1. The topological polar surface area (TPSA) is 75.7 Å². The molecule has 3 rings (SSSR count). The Hall–Kier alpha value is -1.65. The van der Waals surface area contributed by atoms with E-state index in [1.54, 1.807) is 12.1 Å². The quantitative estimate of drug-likeness (QED) is 0.619. The first-order chi connectivity index (χ1) is 13.3. The number of hydrogen-bond acceptors (Lipinski definition) is 4. The Bertz CT molecular complexity index is 961. The van der Waals surface area contributed by atoms with Crippen LogP contribution in [-0.4, -0.2) is 38.8 Å². The van der Waals surface area contributed by atoms with E-state index in [1.165, 1.54) is 11.4 Å². The molecule has 1 atom stereocenters. The van der Waals surface area contributed by atoms with Crippen LogP contribution in [-0.2, 0) is 14.8 Å². The molecular formula is C20H23IN2O4S. The third-order valence-corrected chi connectivity index (χ3v) is 7.41. The highest BCUT2D eigenvalue weighted by molar-refractivity contribution is 14.1. The van der Waals surface area contributed by atoms with Gasteiger partial charge in [0.05, 0.1) is 13.0 Å². The minimum absolute atomic E-state index is 0.147. The highest BCUT2D eigenvalue weighted by Crippen LogP contribution is 2.31. The number of benzene rings is 2. The Labute approximate surface area is 179 Å². The van der Waals surface area contributed by atoms with Crippen LogP contribution >= 0.6 is 22.6 Å². The first-order valence-corrected chi connectivity index (χ1v) is 11.5. The Balaban J connectivity index is 1.78. The van der Waals surface area contributed by atoms with Gasteiger partial charge in [-0.2, -0.15) is 4.31 Å². The van der Waals surface area contributed by atoms with Crippen LogP contribution in [0, 0.1) is 16.4 Å². The molecule has 6 nitrogen and oxygen atoms in total. The third kappa shape index (κ3) is 4.66. The Kier molecular flexibility index (Phi) is 6.61. The zero-order chi connectivity index (χ0) is 20.3. The van der Waals surface area contributed by atoms with Crippen molar-refractivity contribution in [3.05, 3.63) is 51.6 Å². The molecule has 1 amide bonds. The van der Waals surface area contributed by atoms with Crippen LogP contribution in [0.4, 0.5) is 5.69 Å². The smallest absolute Gasteiger partial charge is 0.246 e. The molecule has 1 aliphatic rings. The zero-order valence-electron chi connectivity index (χ0n) is 15.8. The summed E-state index contributed by atoms with van der Waals surface area (Å²) in [5.41, 5.74) is 1.55. The minimum Gasteiger partial charge on any atom is -0.495 e. The van der Waals surface area contributed by atoms with E-state index in [4.69, 9.17) is 4.74 Å². The summed E-state index contributed by atoms with van der Waals surface area (Å²) < 4.78 is 34.1. The molecule has 2 aromatic carbocycles. The van der Waals surface area contributed by atoms with Crippen LogP contribution < -0.4 is 10.1 Å². The number of nitrogens with one attached hydrogen (secondary N) is 1. The summed E-state index contributed by atoms with van der Waals surface area (Å²) in [6, 6.07) is 12.6. The summed E-state index contributed by atoms with van der Waals surface area (Å²) in [6.45, 7) is 2.40. The molecule has 0 bridgehead atoms. The van der Waals surface area contributed by atoms with E-state index in [0.29, 0.717) is 30.8 Å². The van der Waals surface area contributed by atoms with E-state index < -0.39 is 15.9 Å². The van der Waals surface area contributed by atoms with E-state index in [2.05, 4.69) is 27.9 Å². The highest BCUT2D eigenvalue weighted by atomic mass is 127. The van der Waals surface area contributed by atoms with Crippen LogP contribution in [0.25, 0.3) is 0 Å². The number of ether oxygens (including phenoxy) is 1. The van der Waals surface area contributed by atoms with E-state index in [9.17, 15) is 13.2 Å². The van der Waals surface area contributed by atoms with Gasteiger partial charge >= 0.3 is 0 Å². The molecular weight excluding hydrogens is 491 g/mol. The lowest BCUT2D eigenvalue weighted by molar-refractivity contribution is -0.120. The summed E-state index contributed by atoms with van der Waals surface area (Å²) in [5, 5.41) is 2.89. The highest BCUT2D eigenvalue weighted by Gasteiger charge is 2.34. The maximum Gasteiger partial charge on any atom is 0.246 e. The number of carbonyl (C=O) groups excluding carboxylic acids is 1. The van der Waals surface area contributed by atoms with Crippen molar-refractivity contribution < 1.29 is 17.9 Å². The summed E-state index contributed by atoms with van der Waals surface area (Å²) in [6.07, 6.45) is 1.30. The van der Waals surface area contributed by atoms with Crippen LogP contribution in [0.2, 0.25) is 0 Å². The summed E-state index contributed by atoms with van der Waals surface area (Å²) in [5.74, 6) is -0.230. The molecule has 150 valence electrons. The molecule has 1 fully saturated rings. The van der Waals surface area contributed by atoms with Crippen LogP contribution in [0.15, 0.2) is 47.4 Å². The second-order valence-electron chi connectivity index (χ2n) is 6.85. The van der Waals surface area contributed by atoms with Crippen LogP contribution in [0.5, 0.6) is 5.75 Å². The normalized spacial score (nSPS) is 17.9. The number of aryl methyl sites for hydroxylation is 1. The third-order valence-electron chi connectivity index (χ3n) is 4.80. The van der Waals surface area contributed by atoms with Crippen molar-refractivity contribution in [3.63, 3.8) is 0 Å². The zero-order valence-corrected chi connectivity index (χ0v) is 18.8. The fraction of sp³-hybridized carbons (Fsp3) is 0.350. The summed E-state index contributed by atoms with van der Waals surface area (Å²) in [7, 11) is -2.29. The first kappa shape index (κ1) is 21.1. The van der Waals surface area contributed by atoms with Gasteiger partial charge in [-0.3, -0.25) is 4.79 Å². The second kappa shape index (κ2) is 8.79. The number of rotatable bonds is 5. The average Bonchev–Trinajstić information content (AvgIpc) is 2.69. The lowest BCUT2D eigenvalue weighted by Gasteiger charge is -2.31. The monoisotopic (exact) mass is 514 g/mol. The van der Waals surface area contributed by atoms with Gasteiger partial charge in [-0.25, -0.2) is 8.42 Å². The number of sulfonamides is 1.